The standard InChI is InChI=1S/C23H17ClN2O4S/c1-15-8-9-25-11-21(15)23(27)20-10-18(24)5-2-17(20)13-31(28,29)19-6-3-16(4-7-19)22-12-26-14-30-22/h2-12,14H,13H2,1H3. The molecule has 0 N–H and O–H groups in total. The van der Waals surface area contributed by atoms with E-state index in [1.165, 1.54) is 30.8 Å². The van der Waals surface area contributed by atoms with Crippen molar-refractivity contribution in [1.29, 1.82) is 0 Å². The molecule has 2 heterocycles. The summed E-state index contributed by atoms with van der Waals surface area (Å²) in [6.45, 7) is 1.80. The zero-order chi connectivity index (χ0) is 22.0. The molecule has 156 valence electrons. The fourth-order valence-electron chi connectivity index (χ4n) is 3.21. The first kappa shape index (κ1) is 21.0. The van der Waals surface area contributed by atoms with Crippen LogP contribution < -0.4 is 0 Å². The van der Waals surface area contributed by atoms with E-state index in [0.717, 1.165) is 5.56 Å². The first-order chi connectivity index (χ1) is 14.8. The van der Waals surface area contributed by atoms with Gasteiger partial charge in [0, 0.05) is 34.1 Å². The number of pyridine rings is 1. The summed E-state index contributed by atoms with van der Waals surface area (Å²) < 4.78 is 31.4. The summed E-state index contributed by atoms with van der Waals surface area (Å²) in [6, 6.07) is 12.7. The van der Waals surface area contributed by atoms with E-state index in [0.29, 0.717) is 27.5 Å². The summed E-state index contributed by atoms with van der Waals surface area (Å²) in [7, 11) is -3.72. The Balaban J connectivity index is 1.67. The number of ketones is 1. The van der Waals surface area contributed by atoms with Gasteiger partial charge in [0.1, 0.15) is 0 Å². The normalized spacial score (nSPS) is 11.4. The Kier molecular flexibility index (Phi) is 5.71. The Hall–Kier alpha value is -3.29. The monoisotopic (exact) mass is 452 g/mol. The van der Waals surface area contributed by atoms with Crippen LogP contribution in [0.2, 0.25) is 5.02 Å². The molecule has 0 atom stereocenters. The minimum Gasteiger partial charge on any atom is -0.444 e. The lowest BCUT2D eigenvalue weighted by molar-refractivity contribution is 0.103. The summed E-state index contributed by atoms with van der Waals surface area (Å²) in [6.07, 6.45) is 5.93. The molecule has 0 saturated heterocycles. The van der Waals surface area contributed by atoms with Gasteiger partial charge in [0.2, 0.25) is 0 Å². The molecule has 4 aromatic rings. The maximum atomic E-state index is 13.1. The van der Waals surface area contributed by atoms with Gasteiger partial charge in [-0.05, 0) is 60.5 Å². The van der Waals surface area contributed by atoms with Crippen LogP contribution in [0, 0.1) is 6.92 Å². The second kappa shape index (κ2) is 8.45. The number of hydrogen-bond acceptors (Lipinski definition) is 6. The Morgan fingerprint density at radius 3 is 2.45 bits per heavy atom. The first-order valence-electron chi connectivity index (χ1n) is 9.30. The van der Waals surface area contributed by atoms with Crippen molar-refractivity contribution in [3.8, 4) is 11.3 Å². The summed E-state index contributed by atoms with van der Waals surface area (Å²) in [4.78, 5) is 21.1. The van der Waals surface area contributed by atoms with Gasteiger partial charge in [-0.25, -0.2) is 13.4 Å². The van der Waals surface area contributed by atoms with E-state index >= 15 is 0 Å². The van der Waals surface area contributed by atoms with Gasteiger partial charge < -0.3 is 4.42 Å². The number of oxazole rings is 1. The van der Waals surface area contributed by atoms with Crippen molar-refractivity contribution in [2.24, 2.45) is 0 Å². The highest BCUT2D eigenvalue weighted by Crippen LogP contribution is 2.26. The number of halogens is 1. The van der Waals surface area contributed by atoms with Gasteiger partial charge in [-0.3, -0.25) is 9.78 Å². The van der Waals surface area contributed by atoms with Crippen LogP contribution in [0.15, 0.2) is 82.8 Å². The Labute approximate surface area is 184 Å². The minimum atomic E-state index is -3.72. The fourth-order valence-corrected chi connectivity index (χ4v) is 4.76. The molecule has 8 heteroatoms. The molecule has 6 nitrogen and oxygen atoms in total. The minimum absolute atomic E-state index is 0.140. The van der Waals surface area contributed by atoms with Crippen LogP contribution in [-0.2, 0) is 15.6 Å². The molecule has 0 amide bonds. The topological polar surface area (TPSA) is 90.1 Å². The number of nitrogens with zero attached hydrogens (tertiary/aromatic N) is 2. The Bertz CT molecular complexity index is 1350. The lowest BCUT2D eigenvalue weighted by Crippen LogP contribution is -2.12. The van der Waals surface area contributed by atoms with Crippen molar-refractivity contribution < 1.29 is 17.6 Å². The summed E-state index contributed by atoms with van der Waals surface area (Å²) in [5, 5.41) is 0.349. The van der Waals surface area contributed by atoms with E-state index in [1.54, 1.807) is 49.6 Å². The number of aromatic nitrogens is 2. The number of carbonyl (C=O) groups excluding carboxylic acids is 1. The van der Waals surface area contributed by atoms with Crippen molar-refractivity contribution >= 4 is 27.2 Å². The van der Waals surface area contributed by atoms with Crippen LogP contribution in [-0.4, -0.2) is 24.2 Å². The SMILES string of the molecule is Cc1ccncc1C(=O)c1cc(Cl)ccc1CS(=O)(=O)c1ccc(-c2cnco2)cc1. The highest BCUT2D eigenvalue weighted by molar-refractivity contribution is 7.90. The number of benzene rings is 2. The fraction of sp³-hybridized carbons (Fsp3) is 0.0870. The molecule has 0 aliphatic carbocycles. The van der Waals surface area contributed by atoms with Gasteiger partial charge in [-0.1, -0.05) is 17.7 Å². The van der Waals surface area contributed by atoms with Crippen molar-refractivity contribution in [2.75, 3.05) is 0 Å². The number of aryl methyl sites for hydroxylation is 1. The van der Waals surface area contributed by atoms with E-state index in [2.05, 4.69) is 9.97 Å². The van der Waals surface area contributed by atoms with Gasteiger partial charge >= 0.3 is 0 Å². The molecule has 2 aromatic carbocycles. The predicted octanol–water partition coefficient (Wildman–Crippen LogP) is 4.90. The summed E-state index contributed by atoms with van der Waals surface area (Å²) in [5.41, 5.74) is 2.48. The summed E-state index contributed by atoms with van der Waals surface area (Å²) in [5.74, 6) is -0.119. The van der Waals surface area contributed by atoms with Crippen LogP contribution in [0.5, 0.6) is 0 Å². The third-order valence-electron chi connectivity index (χ3n) is 4.88. The number of hydrogen-bond donors (Lipinski definition) is 0. The van der Waals surface area contributed by atoms with Gasteiger partial charge in [-0.2, -0.15) is 0 Å². The molecule has 0 spiro atoms. The van der Waals surface area contributed by atoms with Gasteiger partial charge in [0.25, 0.3) is 0 Å². The lowest BCUT2D eigenvalue weighted by atomic mass is 9.97. The second-order valence-electron chi connectivity index (χ2n) is 6.97. The largest absolute Gasteiger partial charge is 0.444 e. The number of sulfone groups is 1. The molecule has 31 heavy (non-hydrogen) atoms. The third kappa shape index (κ3) is 4.42. The second-order valence-corrected chi connectivity index (χ2v) is 9.40. The highest BCUT2D eigenvalue weighted by atomic mass is 35.5. The van der Waals surface area contributed by atoms with Crippen LogP contribution >= 0.6 is 11.6 Å². The highest BCUT2D eigenvalue weighted by Gasteiger charge is 2.22. The van der Waals surface area contributed by atoms with Crippen LogP contribution in [0.1, 0.15) is 27.0 Å². The van der Waals surface area contributed by atoms with E-state index in [4.69, 9.17) is 16.0 Å². The van der Waals surface area contributed by atoms with E-state index in [9.17, 15) is 13.2 Å². The molecular formula is C23H17ClN2O4S. The van der Waals surface area contributed by atoms with Crippen LogP contribution in [0.4, 0.5) is 0 Å². The average molecular weight is 453 g/mol. The van der Waals surface area contributed by atoms with Gasteiger partial charge in [0.15, 0.2) is 27.8 Å². The van der Waals surface area contributed by atoms with Crippen molar-refractivity contribution in [3.63, 3.8) is 0 Å². The molecule has 0 radical (unpaired) electrons. The van der Waals surface area contributed by atoms with Crippen molar-refractivity contribution in [3.05, 3.63) is 101 Å². The lowest BCUT2D eigenvalue weighted by Gasteiger charge is -2.12. The summed E-state index contributed by atoms with van der Waals surface area (Å²) >= 11 is 6.11. The quantitative estimate of drug-likeness (QED) is 0.386. The molecule has 0 unspecified atom stereocenters. The molecule has 0 aliphatic heterocycles. The van der Waals surface area contributed by atoms with E-state index < -0.39 is 9.84 Å². The van der Waals surface area contributed by atoms with Gasteiger partial charge in [-0.15, -0.1) is 0 Å². The average Bonchev–Trinajstić information content (AvgIpc) is 3.30. The number of carbonyl (C=O) groups is 1. The van der Waals surface area contributed by atoms with Crippen molar-refractivity contribution in [1.82, 2.24) is 9.97 Å². The first-order valence-corrected chi connectivity index (χ1v) is 11.3. The molecule has 4 rings (SSSR count). The molecule has 2 aromatic heterocycles. The third-order valence-corrected chi connectivity index (χ3v) is 6.79. The zero-order valence-electron chi connectivity index (χ0n) is 16.4. The molecule has 0 fully saturated rings. The van der Waals surface area contributed by atoms with Crippen LogP contribution in [0.3, 0.4) is 0 Å². The number of rotatable bonds is 6. The smallest absolute Gasteiger partial charge is 0.195 e. The predicted molar refractivity (Wildman–Crippen MR) is 117 cm³/mol. The molecular weight excluding hydrogens is 436 g/mol. The molecule has 0 saturated carbocycles. The maximum absolute atomic E-state index is 13.1. The van der Waals surface area contributed by atoms with Gasteiger partial charge in [0.05, 0.1) is 16.8 Å². The van der Waals surface area contributed by atoms with E-state index in [1.807, 2.05) is 0 Å². The maximum Gasteiger partial charge on any atom is 0.195 e. The van der Waals surface area contributed by atoms with E-state index in [-0.39, 0.29) is 22.0 Å². The Morgan fingerprint density at radius 1 is 1.00 bits per heavy atom. The Morgan fingerprint density at radius 2 is 1.77 bits per heavy atom. The molecule has 0 bridgehead atoms. The van der Waals surface area contributed by atoms with Crippen LogP contribution in [0.25, 0.3) is 11.3 Å². The van der Waals surface area contributed by atoms with Crippen molar-refractivity contribution in [2.45, 2.75) is 17.6 Å². The molecule has 0 aliphatic rings. The zero-order valence-corrected chi connectivity index (χ0v) is 18.0.